The Morgan fingerprint density at radius 3 is 2.93 bits per heavy atom. The molecule has 148 valence electrons. The summed E-state index contributed by atoms with van der Waals surface area (Å²) in [4.78, 5) is 30.0. The summed E-state index contributed by atoms with van der Waals surface area (Å²) < 4.78 is 10.8. The third kappa shape index (κ3) is 5.20. The second kappa shape index (κ2) is 9.18. The Hall–Kier alpha value is -3.13. The number of ether oxygens (including phenoxy) is 2. The highest BCUT2D eigenvalue weighted by atomic mass is 16.5. The number of rotatable bonds is 7. The summed E-state index contributed by atoms with van der Waals surface area (Å²) in [6.45, 7) is 3.60. The Kier molecular flexibility index (Phi) is 6.44. The normalized spacial score (nSPS) is 14.9. The van der Waals surface area contributed by atoms with Gasteiger partial charge in [-0.1, -0.05) is 12.1 Å². The van der Waals surface area contributed by atoms with Gasteiger partial charge in [-0.05, 0) is 36.8 Å². The van der Waals surface area contributed by atoms with Gasteiger partial charge in [0.05, 0.1) is 32.1 Å². The summed E-state index contributed by atoms with van der Waals surface area (Å²) in [6, 6.07) is 11.1. The molecule has 2 amide bonds. The molecule has 1 atom stereocenters. The molecule has 1 fully saturated rings. The van der Waals surface area contributed by atoms with Gasteiger partial charge in [0.25, 0.3) is 5.91 Å². The topological polar surface area (TPSA) is 92.8 Å². The van der Waals surface area contributed by atoms with Crippen molar-refractivity contribution in [3.8, 4) is 5.75 Å². The van der Waals surface area contributed by atoms with E-state index in [4.69, 9.17) is 9.47 Å². The Labute approximate surface area is 163 Å². The Morgan fingerprint density at radius 1 is 1.36 bits per heavy atom. The van der Waals surface area contributed by atoms with Gasteiger partial charge in [0, 0.05) is 13.1 Å². The van der Waals surface area contributed by atoms with E-state index in [1.165, 1.54) is 0 Å². The minimum absolute atomic E-state index is 0.0209. The molecule has 2 heterocycles. The van der Waals surface area contributed by atoms with Crippen LogP contribution in [0.5, 0.6) is 5.75 Å². The van der Waals surface area contributed by atoms with Crippen molar-refractivity contribution in [2.24, 2.45) is 0 Å². The van der Waals surface area contributed by atoms with E-state index in [1.54, 1.807) is 32.4 Å². The maximum atomic E-state index is 12.3. The number of nitrogens with zero attached hydrogens (tertiary/aromatic N) is 2. The number of nitrogens with one attached hydrogen (secondary N) is 2. The molecule has 2 N–H and O–H groups in total. The highest BCUT2D eigenvalue weighted by Crippen LogP contribution is 2.16. The number of methoxy groups -OCH3 is 1. The van der Waals surface area contributed by atoms with Crippen LogP contribution in [0.25, 0.3) is 0 Å². The number of carbonyl (C=O) groups is 2. The lowest BCUT2D eigenvalue weighted by atomic mass is 10.2. The summed E-state index contributed by atoms with van der Waals surface area (Å²) in [7, 11) is 1.61. The van der Waals surface area contributed by atoms with E-state index in [0.717, 1.165) is 11.3 Å². The number of carbonyl (C=O) groups excluding carboxylic acids is 2. The number of anilines is 2. The van der Waals surface area contributed by atoms with Gasteiger partial charge in [0.1, 0.15) is 17.7 Å². The van der Waals surface area contributed by atoms with E-state index < -0.39 is 6.10 Å². The molecule has 1 aromatic heterocycles. The van der Waals surface area contributed by atoms with Crippen LogP contribution >= 0.6 is 0 Å². The molecular weight excluding hydrogens is 360 g/mol. The molecule has 8 nitrogen and oxygen atoms in total. The first-order chi connectivity index (χ1) is 13.5. The minimum Gasteiger partial charge on any atom is -0.497 e. The van der Waals surface area contributed by atoms with Crippen molar-refractivity contribution in [3.63, 3.8) is 0 Å². The van der Waals surface area contributed by atoms with Crippen LogP contribution in [0.15, 0.2) is 42.6 Å². The van der Waals surface area contributed by atoms with Crippen LogP contribution in [0.3, 0.4) is 0 Å². The largest absolute Gasteiger partial charge is 0.497 e. The number of piperazine rings is 1. The van der Waals surface area contributed by atoms with Crippen LogP contribution < -0.4 is 20.3 Å². The molecule has 0 radical (unpaired) electrons. The van der Waals surface area contributed by atoms with Crippen LogP contribution in [0, 0.1) is 0 Å². The first kappa shape index (κ1) is 19.6. The predicted octanol–water partition coefficient (Wildman–Crippen LogP) is 1.57. The molecule has 0 spiro atoms. The van der Waals surface area contributed by atoms with E-state index >= 15 is 0 Å². The Bertz CT molecular complexity index is 825. The SMILES string of the molecule is COc1cccc(CO[C@H](C)C(=O)Nc2ccc(N3CCNC(=O)C3)nc2)c1. The summed E-state index contributed by atoms with van der Waals surface area (Å²) in [5.74, 6) is 1.17. The average molecular weight is 384 g/mol. The quantitative estimate of drug-likeness (QED) is 0.753. The molecule has 28 heavy (non-hydrogen) atoms. The van der Waals surface area contributed by atoms with Gasteiger partial charge < -0.3 is 25.0 Å². The third-order valence-corrected chi connectivity index (χ3v) is 4.38. The van der Waals surface area contributed by atoms with Gasteiger partial charge in [0.15, 0.2) is 0 Å². The van der Waals surface area contributed by atoms with Crippen molar-refractivity contribution in [2.45, 2.75) is 19.6 Å². The molecule has 1 saturated heterocycles. The fourth-order valence-corrected chi connectivity index (χ4v) is 2.78. The van der Waals surface area contributed by atoms with Crippen molar-refractivity contribution < 1.29 is 19.1 Å². The molecule has 0 bridgehead atoms. The van der Waals surface area contributed by atoms with E-state index in [2.05, 4.69) is 15.6 Å². The zero-order chi connectivity index (χ0) is 19.9. The van der Waals surface area contributed by atoms with Crippen molar-refractivity contribution in [3.05, 3.63) is 48.2 Å². The molecule has 2 aromatic rings. The zero-order valence-corrected chi connectivity index (χ0v) is 16.0. The third-order valence-electron chi connectivity index (χ3n) is 4.38. The van der Waals surface area contributed by atoms with E-state index in [0.29, 0.717) is 31.2 Å². The first-order valence-corrected chi connectivity index (χ1v) is 9.08. The van der Waals surface area contributed by atoms with Gasteiger partial charge in [-0.15, -0.1) is 0 Å². The summed E-state index contributed by atoms with van der Waals surface area (Å²) in [5.41, 5.74) is 1.50. The van der Waals surface area contributed by atoms with Crippen LogP contribution in [0.1, 0.15) is 12.5 Å². The number of aromatic nitrogens is 1. The average Bonchev–Trinajstić information content (AvgIpc) is 2.72. The second-order valence-electron chi connectivity index (χ2n) is 6.47. The number of hydrogen-bond donors (Lipinski definition) is 2. The molecule has 0 saturated carbocycles. The highest BCUT2D eigenvalue weighted by molar-refractivity contribution is 5.93. The summed E-state index contributed by atoms with van der Waals surface area (Å²) >= 11 is 0. The lowest BCUT2D eigenvalue weighted by Crippen LogP contribution is -2.48. The van der Waals surface area contributed by atoms with Gasteiger partial charge in [-0.25, -0.2) is 4.98 Å². The highest BCUT2D eigenvalue weighted by Gasteiger charge is 2.18. The summed E-state index contributed by atoms with van der Waals surface area (Å²) in [5, 5.41) is 5.57. The van der Waals surface area contributed by atoms with Crippen molar-refractivity contribution in [2.75, 3.05) is 37.0 Å². The molecule has 3 rings (SSSR count). The second-order valence-corrected chi connectivity index (χ2v) is 6.47. The molecule has 0 unspecified atom stereocenters. The molecular formula is C20H24N4O4. The smallest absolute Gasteiger partial charge is 0.253 e. The molecule has 1 aliphatic rings. The maximum Gasteiger partial charge on any atom is 0.253 e. The number of pyridine rings is 1. The Morgan fingerprint density at radius 2 is 2.21 bits per heavy atom. The van der Waals surface area contributed by atoms with Gasteiger partial charge in [0.2, 0.25) is 5.91 Å². The lowest BCUT2D eigenvalue weighted by molar-refractivity contribution is -0.127. The number of hydrogen-bond acceptors (Lipinski definition) is 6. The standard InChI is InChI=1S/C20H24N4O4/c1-14(28-13-15-4-3-5-17(10-15)27-2)20(26)23-16-6-7-18(22-11-16)24-9-8-21-19(25)12-24/h3-7,10-11,14H,8-9,12-13H2,1-2H3,(H,21,25)(H,23,26)/t14-/m1/s1. The van der Waals surface area contributed by atoms with Crippen LogP contribution in [-0.4, -0.2) is 49.6 Å². The van der Waals surface area contributed by atoms with Gasteiger partial charge >= 0.3 is 0 Å². The fraction of sp³-hybridized carbons (Fsp3) is 0.350. The zero-order valence-electron chi connectivity index (χ0n) is 16.0. The van der Waals surface area contributed by atoms with E-state index in [1.807, 2.05) is 29.2 Å². The predicted molar refractivity (Wildman–Crippen MR) is 105 cm³/mol. The molecule has 1 aromatic carbocycles. The van der Waals surface area contributed by atoms with Crippen molar-refractivity contribution in [1.82, 2.24) is 10.3 Å². The van der Waals surface area contributed by atoms with Crippen LogP contribution in [0.4, 0.5) is 11.5 Å². The molecule has 0 aliphatic carbocycles. The maximum absolute atomic E-state index is 12.3. The van der Waals surface area contributed by atoms with Gasteiger partial charge in [-0.2, -0.15) is 0 Å². The van der Waals surface area contributed by atoms with Crippen molar-refractivity contribution in [1.29, 1.82) is 0 Å². The van der Waals surface area contributed by atoms with E-state index in [9.17, 15) is 9.59 Å². The Balaban J connectivity index is 1.51. The monoisotopic (exact) mass is 384 g/mol. The molecule has 8 heteroatoms. The first-order valence-electron chi connectivity index (χ1n) is 9.08. The van der Waals surface area contributed by atoms with Crippen molar-refractivity contribution >= 4 is 23.3 Å². The minimum atomic E-state index is -0.628. The fourth-order valence-electron chi connectivity index (χ4n) is 2.78. The van der Waals surface area contributed by atoms with Gasteiger partial charge in [-0.3, -0.25) is 9.59 Å². The number of benzene rings is 1. The summed E-state index contributed by atoms with van der Waals surface area (Å²) in [6.07, 6.45) is 0.950. The van der Waals surface area contributed by atoms with Crippen LogP contribution in [-0.2, 0) is 20.9 Å². The molecule has 1 aliphatic heterocycles. The van der Waals surface area contributed by atoms with Crippen LogP contribution in [0.2, 0.25) is 0 Å². The lowest BCUT2D eigenvalue weighted by Gasteiger charge is -2.27. The van der Waals surface area contributed by atoms with E-state index in [-0.39, 0.29) is 18.4 Å². The number of amides is 2.